The molecule has 0 saturated heterocycles. The Morgan fingerprint density at radius 3 is 1.16 bits per heavy atom. The van der Waals surface area contributed by atoms with Gasteiger partial charge in [-0.15, -0.1) is 0 Å². The summed E-state index contributed by atoms with van der Waals surface area (Å²) in [6, 6.07) is 0. The SMILES string of the molecule is O=C(O)CCCC(=O)O.O=C(O)CN(CC(=O)O)CP(=O)(O)O.O=C(O)C[NH2+]CC(=O)O.O=C([O-])CNCC(=O)[O-].[Cl-].[Na+].[Na+]. The van der Waals surface area contributed by atoms with Crippen LogP contribution in [0.25, 0.3) is 0 Å². The quantitative estimate of drug-likeness (QED) is 0.0467. The van der Waals surface area contributed by atoms with E-state index in [1.807, 2.05) is 0 Å². The Kier molecular flexibility index (Phi) is 46.6. The Labute approximate surface area is 298 Å². The normalized spacial score (nSPS) is 9.16. The van der Waals surface area contributed by atoms with Gasteiger partial charge in [0, 0.05) is 25.9 Å². The van der Waals surface area contributed by atoms with Gasteiger partial charge in [-0.1, -0.05) is 0 Å². The third-order valence-corrected chi connectivity index (χ3v) is 3.83. The summed E-state index contributed by atoms with van der Waals surface area (Å²) < 4.78 is 10.5. The first-order valence-electron chi connectivity index (χ1n) is 10.6. The van der Waals surface area contributed by atoms with Crippen LogP contribution in [0.5, 0.6) is 0 Å². The minimum absolute atomic E-state index is 0. The van der Waals surface area contributed by atoms with Crippen molar-refractivity contribution in [1.29, 1.82) is 0 Å². The van der Waals surface area contributed by atoms with Crippen LogP contribution >= 0.6 is 7.60 Å². The third kappa shape index (κ3) is 72.4. The Morgan fingerprint density at radius 1 is 0.636 bits per heavy atom. The minimum atomic E-state index is -4.44. The molecule has 0 aromatic carbocycles. The van der Waals surface area contributed by atoms with Crippen molar-refractivity contribution in [1.82, 2.24) is 10.2 Å². The van der Waals surface area contributed by atoms with Crippen LogP contribution in [-0.2, 0) is 42.9 Å². The van der Waals surface area contributed by atoms with Gasteiger partial charge in [0.25, 0.3) is 0 Å². The molecule has 0 fully saturated rings. The van der Waals surface area contributed by atoms with Crippen molar-refractivity contribution < 1.29 is 170 Å². The number of nitrogens with zero attached hydrogens (tertiary/aromatic N) is 1. The molecule has 0 unspecified atom stereocenters. The number of quaternary nitrogens is 1. The van der Waals surface area contributed by atoms with Crippen LogP contribution in [-0.4, -0.2) is 139 Å². The molecule has 0 aliphatic heterocycles. The predicted octanol–water partition coefficient (Wildman–Crippen LogP) is -16.3. The number of carbonyl (C=O) groups excluding carboxylic acids is 2. The van der Waals surface area contributed by atoms with E-state index < -0.39 is 87.8 Å². The van der Waals surface area contributed by atoms with E-state index in [1.54, 1.807) is 0 Å². The van der Waals surface area contributed by atoms with Crippen LogP contribution in [0.15, 0.2) is 0 Å². The number of aliphatic carboxylic acids is 8. The number of hydrogen-bond acceptors (Lipinski definition) is 13. The zero-order chi connectivity index (χ0) is 33.2. The molecule has 11 N–H and O–H groups in total. The maximum Gasteiger partial charge on any atom is 1.00 e. The summed E-state index contributed by atoms with van der Waals surface area (Å²) in [4.78, 5) is 96.3. The number of carboxylic acids is 8. The first-order valence-corrected chi connectivity index (χ1v) is 12.4. The van der Waals surface area contributed by atoms with Gasteiger partial charge in [0.2, 0.25) is 0 Å². The summed E-state index contributed by atoms with van der Waals surface area (Å²) in [5.41, 5.74) is 0. The monoisotopic (exact) mass is 705 g/mol. The molecular weight excluding hydrogens is 675 g/mol. The minimum Gasteiger partial charge on any atom is -1.00 e. The van der Waals surface area contributed by atoms with E-state index in [4.69, 9.17) is 40.4 Å². The topological polar surface area (TPSA) is 393 Å². The van der Waals surface area contributed by atoms with Crippen LogP contribution < -0.4 is 92.4 Å². The fourth-order valence-electron chi connectivity index (χ4n) is 1.78. The van der Waals surface area contributed by atoms with E-state index in [2.05, 4.69) is 5.32 Å². The van der Waals surface area contributed by atoms with Crippen molar-refractivity contribution in [3.05, 3.63) is 0 Å². The summed E-state index contributed by atoms with van der Waals surface area (Å²) in [6.07, 6.45) is -0.797. The van der Waals surface area contributed by atoms with Gasteiger partial charge in [0.1, 0.15) is 6.29 Å². The van der Waals surface area contributed by atoms with Gasteiger partial charge in [-0.3, -0.25) is 28.6 Å². The van der Waals surface area contributed by atoms with Crippen LogP contribution in [0, 0.1) is 0 Å². The number of carboxylic acid groups (broad SMARTS) is 8. The van der Waals surface area contributed by atoms with Gasteiger partial charge in [-0.25, -0.2) is 9.59 Å². The summed E-state index contributed by atoms with van der Waals surface area (Å²) in [5, 5.41) is 71.1. The molecule has 0 aliphatic carbocycles. The van der Waals surface area contributed by atoms with Crippen LogP contribution in [0.2, 0.25) is 0 Å². The molecule has 0 rings (SSSR count). The molecule has 22 nitrogen and oxygen atoms in total. The van der Waals surface area contributed by atoms with Crippen LogP contribution in [0.4, 0.5) is 0 Å². The van der Waals surface area contributed by atoms with Gasteiger partial charge in [0.15, 0.2) is 13.1 Å². The molecule has 0 spiro atoms. The Bertz CT molecular complexity index is 808. The van der Waals surface area contributed by atoms with Gasteiger partial charge in [0.05, 0.1) is 25.0 Å². The average molecular weight is 706 g/mol. The van der Waals surface area contributed by atoms with E-state index in [0.29, 0.717) is 4.90 Å². The van der Waals surface area contributed by atoms with Crippen LogP contribution in [0.3, 0.4) is 0 Å². The third-order valence-electron chi connectivity index (χ3n) is 3.06. The molecule has 0 saturated carbocycles. The number of carbonyl (C=O) groups is 8. The molecule has 0 radical (unpaired) electrons. The fraction of sp³-hybridized carbons (Fsp3) is 0.556. The van der Waals surface area contributed by atoms with Gasteiger partial charge >= 0.3 is 103 Å². The predicted molar refractivity (Wildman–Crippen MR) is 123 cm³/mol. The van der Waals surface area contributed by atoms with Crippen molar-refractivity contribution in [3.63, 3.8) is 0 Å². The van der Waals surface area contributed by atoms with Gasteiger partial charge < -0.3 is 83.3 Å². The molecule has 0 bridgehead atoms. The number of rotatable bonds is 18. The molecule has 44 heavy (non-hydrogen) atoms. The second-order valence-electron chi connectivity index (χ2n) is 7.05. The number of nitrogens with two attached hydrogens (primary N) is 1. The van der Waals surface area contributed by atoms with E-state index in [-0.39, 0.29) is 104 Å². The summed E-state index contributed by atoms with van der Waals surface area (Å²) >= 11 is 0. The van der Waals surface area contributed by atoms with Gasteiger partial charge in [-0.2, -0.15) is 0 Å². The molecule has 0 amide bonds. The van der Waals surface area contributed by atoms with Crippen molar-refractivity contribution in [2.75, 3.05) is 45.6 Å². The van der Waals surface area contributed by atoms with Gasteiger partial charge in [-0.05, 0) is 6.42 Å². The Hall–Kier alpha value is -1.92. The molecule has 246 valence electrons. The van der Waals surface area contributed by atoms with E-state index in [0.717, 1.165) is 0 Å². The zero-order valence-electron chi connectivity index (χ0n) is 23.5. The first kappa shape index (κ1) is 57.7. The fourth-order valence-corrected chi connectivity index (χ4v) is 2.50. The number of halogens is 1. The second kappa shape index (κ2) is 35.6. The largest absolute Gasteiger partial charge is 1.00 e. The average Bonchev–Trinajstić information content (AvgIpc) is 2.71. The molecule has 0 aromatic rings. The second-order valence-corrected chi connectivity index (χ2v) is 8.67. The first-order chi connectivity index (χ1) is 18.6. The van der Waals surface area contributed by atoms with E-state index >= 15 is 0 Å². The maximum absolute atomic E-state index is 10.5. The summed E-state index contributed by atoms with van der Waals surface area (Å²) in [5.74, 6) is -9.27. The molecule has 26 heteroatoms. The summed E-state index contributed by atoms with van der Waals surface area (Å²) in [6.45, 7) is -2.75. The van der Waals surface area contributed by atoms with Crippen molar-refractivity contribution in [2.45, 2.75) is 19.3 Å². The Balaban J connectivity index is -0.0000000828. The molecule has 0 heterocycles. The maximum atomic E-state index is 10.5. The standard InChI is InChI=1S/C5H10NO7P.C5H8O4.2C4H7NO4.ClH.2Na/c7-4(8)1-6(2-5(9)10)3-14(11,12)13;6-4(7)2-1-3-5(8)9;2*6-3(7)1-5-2-4(8)9;;;/h1-3H2,(H,7,8)(H,9,10)(H2,11,12,13);1-3H2,(H,6,7)(H,8,9);2*5H,1-2H2,(H,6,7)(H,8,9);1H;;/q;;;;;2*+1/p-2. The molecule has 0 aromatic heterocycles. The van der Waals surface area contributed by atoms with Crippen molar-refractivity contribution in [3.8, 4) is 0 Å². The van der Waals surface area contributed by atoms with E-state index in [1.165, 1.54) is 5.32 Å². The van der Waals surface area contributed by atoms with Crippen molar-refractivity contribution >= 4 is 55.4 Å². The van der Waals surface area contributed by atoms with Crippen molar-refractivity contribution in [2.24, 2.45) is 0 Å². The number of nitrogens with one attached hydrogen (secondary N) is 1. The Morgan fingerprint density at radius 2 is 0.955 bits per heavy atom. The molecule has 0 atom stereocenters. The zero-order valence-corrected chi connectivity index (χ0v) is 29.1. The van der Waals surface area contributed by atoms with E-state index in [9.17, 15) is 53.1 Å². The van der Waals surface area contributed by atoms with Crippen LogP contribution in [0.1, 0.15) is 19.3 Å². The smallest absolute Gasteiger partial charge is 1.00 e. The molecular formula is C18H31ClN3Na2O19P. The molecule has 0 aliphatic rings. The summed E-state index contributed by atoms with van der Waals surface area (Å²) in [7, 11) is -4.44. The number of hydrogen-bond donors (Lipinski definition) is 10.